The van der Waals surface area contributed by atoms with Crippen LogP contribution in [0.3, 0.4) is 0 Å². The third-order valence-electron chi connectivity index (χ3n) is 2.17. The zero-order valence-electron chi connectivity index (χ0n) is 8.85. The average molecular weight is 286 g/mol. The Morgan fingerprint density at radius 1 is 1.50 bits per heavy atom. The second-order valence-electron chi connectivity index (χ2n) is 3.39. The Kier molecular flexibility index (Phi) is 3.66. The molecule has 5 heteroatoms. The van der Waals surface area contributed by atoms with Crippen molar-refractivity contribution in [1.82, 2.24) is 0 Å². The van der Waals surface area contributed by atoms with E-state index in [9.17, 15) is 0 Å². The van der Waals surface area contributed by atoms with E-state index in [0.717, 1.165) is 22.5 Å². The first kappa shape index (κ1) is 11.3. The summed E-state index contributed by atoms with van der Waals surface area (Å²) >= 11 is 3.28. The van der Waals surface area contributed by atoms with Crippen molar-refractivity contribution in [3.8, 4) is 11.5 Å². The SMILES string of the molecule is COc1cccc(OCC2CC(Br)=NO2)c1. The molecule has 0 radical (unpaired) electrons. The van der Waals surface area contributed by atoms with Gasteiger partial charge in [-0.2, -0.15) is 0 Å². The molecular weight excluding hydrogens is 274 g/mol. The van der Waals surface area contributed by atoms with Gasteiger partial charge in [-0.1, -0.05) is 11.2 Å². The lowest BCUT2D eigenvalue weighted by molar-refractivity contribution is 0.0470. The Labute approximate surface area is 102 Å². The van der Waals surface area contributed by atoms with E-state index >= 15 is 0 Å². The third-order valence-corrected chi connectivity index (χ3v) is 2.64. The van der Waals surface area contributed by atoms with Crippen LogP contribution in [0.1, 0.15) is 6.42 Å². The molecule has 16 heavy (non-hydrogen) atoms. The summed E-state index contributed by atoms with van der Waals surface area (Å²) in [4.78, 5) is 5.13. The molecule has 1 aliphatic rings. The number of benzene rings is 1. The van der Waals surface area contributed by atoms with E-state index in [1.807, 2.05) is 24.3 Å². The van der Waals surface area contributed by atoms with Gasteiger partial charge in [0, 0.05) is 12.5 Å². The number of rotatable bonds is 4. The molecule has 0 N–H and O–H groups in total. The smallest absolute Gasteiger partial charge is 0.167 e. The number of hydrogen-bond donors (Lipinski definition) is 0. The van der Waals surface area contributed by atoms with Crippen LogP contribution in [0, 0.1) is 0 Å². The molecule has 86 valence electrons. The zero-order chi connectivity index (χ0) is 11.4. The van der Waals surface area contributed by atoms with Crippen LogP contribution in [0.5, 0.6) is 11.5 Å². The molecule has 1 aliphatic heterocycles. The van der Waals surface area contributed by atoms with Crippen LogP contribution in [0.4, 0.5) is 0 Å². The summed E-state index contributed by atoms with van der Waals surface area (Å²) in [5.41, 5.74) is 0. The van der Waals surface area contributed by atoms with Crippen LogP contribution in [-0.2, 0) is 4.84 Å². The van der Waals surface area contributed by atoms with Gasteiger partial charge in [0.05, 0.1) is 7.11 Å². The maximum Gasteiger partial charge on any atom is 0.167 e. The average Bonchev–Trinajstić information content (AvgIpc) is 2.73. The molecule has 4 nitrogen and oxygen atoms in total. The standard InChI is InChI=1S/C11H12BrNO3/c1-14-8-3-2-4-9(5-8)15-7-10-6-11(12)13-16-10/h2-5,10H,6-7H2,1H3. The molecule has 1 atom stereocenters. The first-order valence-corrected chi connectivity index (χ1v) is 5.72. The highest BCUT2D eigenvalue weighted by Gasteiger charge is 2.19. The van der Waals surface area contributed by atoms with E-state index in [-0.39, 0.29) is 6.10 Å². The fraction of sp³-hybridized carbons (Fsp3) is 0.364. The molecule has 0 bridgehead atoms. The van der Waals surface area contributed by atoms with E-state index in [4.69, 9.17) is 14.3 Å². The number of nitrogens with zero attached hydrogens (tertiary/aromatic N) is 1. The minimum Gasteiger partial charge on any atom is -0.497 e. The minimum atomic E-state index is -0.0134. The molecule has 0 aliphatic carbocycles. The molecule has 0 aromatic heterocycles. The van der Waals surface area contributed by atoms with Crippen molar-refractivity contribution in [1.29, 1.82) is 0 Å². The molecule has 2 rings (SSSR count). The van der Waals surface area contributed by atoms with Crippen LogP contribution in [0.25, 0.3) is 0 Å². The van der Waals surface area contributed by atoms with Gasteiger partial charge in [-0.15, -0.1) is 0 Å². The van der Waals surface area contributed by atoms with E-state index in [1.54, 1.807) is 7.11 Å². The molecular formula is C11H12BrNO3. The van der Waals surface area contributed by atoms with Crippen molar-refractivity contribution in [2.24, 2.45) is 5.16 Å². The summed E-state index contributed by atoms with van der Waals surface area (Å²) < 4.78 is 11.5. The molecule has 1 heterocycles. The van der Waals surface area contributed by atoms with Crippen molar-refractivity contribution >= 4 is 20.6 Å². The number of halogens is 1. The minimum absolute atomic E-state index is 0.0134. The third kappa shape index (κ3) is 2.88. The summed E-state index contributed by atoms with van der Waals surface area (Å²) in [6.45, 7) is 0.478. The van der Waals surface area contributed by atoms with E-state index in [1.165, 1.54) is 0 Å². The largest absolute Gasteiger partial charge is 0.497 e. The Bertz CT molecular complexity index is 395. The lowest BCUT2D eigenvalue weighted by atomic mass is 10.3. The van der Waals surface area contributed by atoms with Crippen molar-refractivity contribution in [3.63, 3.8) is 0 Å². The quantitative estimate of drug-likeness (QED) is 0.854. The monoisotopic (exact) mass is 285 g/mol. The second-order valence-corrected chi connectivity index (χ2v) is 4.30. The van der Waals surface area contributed by atoms with Crippen LogP contribution in [0.2, 0.25) is 0 Å². The Balaban J connectivity index is 1.85. The van der Waals surface area contributed by atoms with Crippen molar-refractivity contribution in [2.75, 3.05) is 13.7 Å². The molecule has 0 spiro atoms. The number of ether oxygens (including phenoxy) is 2. The molecule has 0 amide bonds. The van der Waals surface area contributed by atoms with Crippen LogP contribution < -0.4 is 9.47 Å². The summed E-state index contributed by atoms with van der Waals surface area (Å²) in [5.74, 6) is 1.55. The topological polar surface area (TPSA) is 40.0 Å². The first-order chi connectivity index (χ1) is 7.78. The molecule has 1 aromatic rings. The zero-order valence-corrected chi connectivity index (χ0v) is 10.4. The van der Waals surface area contributed by atoms with Crippen molar-refractivity contribution in [3.05, 3.63) is 24.3 Å². The Morgan fingerprint density at radius 3 is 3.00 bits per heavy atom. The highest BCUT2D eigenvalue weighted by molar-refractivity contribution is 9.18. The summed E-state index contributed by atoms with van der Waals surface area (Å²) in [6, 6.07) is 7.48. The lowest BCUT2D eigenvalue weighted by Crippen LogP contribution is -2.17. The Morgan fingerprint density at radius 2 is 2.31 bits per heavy atom. The van der Waals surface area contributed by atoms with Crippen molar-refractivity contribution in [2.45, 2.75) is 12.5 Å². The molecule has 1 unspecified atom stereocenters. The summed E-state index contributed by atoms with van der Waals surface area (Å²) in [6.07, 6.45) is 0.741. The highest BCUT2D eigenvalue weighted by atomic mass is 79.9. The summed E-state index contributed by atoms with van der Waals surface area (Å²) in [7, 11) is 1.63. The number of hydrogen-bond acceptors (Lipinski definition) is 4. The van der Waals surface area contributed by atoms with E-state index in [2.05, 4.69) is 21.1 Å². The van der Waals surface area contributed by atoms with Gasteiger partial charge in [0.1, 0.15) is 22.7 Å². The fourth-order valence-corrected chi connectivity index (χ4v) is 1.81. The molecule has 0 saturated heterocycles. The van der Waals surface area contributed by atoms with E-state index < -0.39 is 0 Å². The molecule has 1 aromatic carbocycles. The van der Waals surface area contributed by atoms with Gasteiger partial charge in [0.2, 0.25) is 0 Å². The fourth-order valence-electron chi connectivity index (χ4n) is 1.36. The van der Waals surface area contributed by atoms with Gasteiger partial charge in [-0.25, -0.2) is 0 Å². The van der Waals surface area contributed by atoms with Gasteiger partial charge in [0.25, 0.3) is 0 Å². The lowest BCUT2D eigenvalue weighted by Gasteiger charge is -2.10. The molecule has 0 saturated carbocycles. The van der Waals surface area contributed by atoms with Gasteiger partial charge in [-0.3, -0.25) is 0 Å². The first-order valence-electron chi connectivity index (χ1n) is 4.93. The predicted molar refractivity (Wildman–Crippen MR) is 64.3 cm³/mol. The second kappa shape index (κ2) is 5.21. The number of oxime groups is 1. The predicted octanol–water partition coefficient (Wildman–Crippen LogP) is 2.57. The normalized spacial score (nSPS) is 18.9. The Hall–Kier alpha value is -1.23. The van der Waals surface area contributed by atoms with Gasteiger partial charge in [-0.05, 0) is 28.1 Å². The summed E-state index contributed by atoms with van der Waals surface area (Å²) in [5, 5.41) is 3.79. The van der Waals surface area contributed by atoms with E-state index in [0.29, 0.717) is 6.61 Å². The maximum absolute atomic E-state index is 5.58. The number of methoxy groups -OCH3 is 1. The van der Waals surface area contributed by atoms with Crippen LogP contribution >= 0.6 is 15.9 Å². The van der Waals surface area contributed by atoms with Gasteiger partial charge < -0.3 is 14.3 Å². The molecule has 0 fully saturated rings. The van der Waals surface area contributed by atoms with Crippen molar-refractivity contribution < 1.29 is 14.3 Å². The van der Waals surface area contributed by atoms with Gasteiger partial charge in [0.15, 0.2) is 6.10 Å². The van der Waals surface area contributed by atoms with Gasteiger partial charge >= 0.3 is 0 Å². The van der Waals surface area contributed by atoms with Crippen LogP contribution in [0.15, 0.2) is 29.4 Å². The highest BCUT2D eigenvalue weighted by Crippen LogP contribution is 2.20. The maximum atomic E-state index is 5.58. The van der Waals surface area contributed by atoms with Crippen LogP contribution in [-0.4, -0.2) is 24.4 Å².